The van der Waals surface area contributed by atoms with Gasteiger partial charge in [0.05, 0.1) is 33.4 Å². The van der Waals surface area contributed by atoms with Gasteiger partial charge < -0.3 is 9.13 Å². The molecule has 0 unspecified atom stereocenters. The van der Waals surface area contributed by atoms with Gasteiger partial charge in [-0.1, -0.05) is 137 Å². The van der Waals surface area contributed by atoms with Crippen LogP contribution in [0.2, 0.25) is 0 Å². The molecule has 2 nitrogen and oxygen atoms in total. The fourth-order valence-corrected chi connectivity index (χ4v) is 8.55. The number of aromatic nitrogens is 2. The average Bonchev–Trinajstić information content (AvgIpc) is 3.67. The van der Waals surface area contributed by atoms with E-state index >= 15 is 8.78 Å². The third-order valence-electron chi connectivity index (χ3n) is 10.6. The monoisotopic (exact) mass is 680 g/mol. The summed E-state index contributed by atoms with van der Waals surface area (Å²) in [5, 5.41) is 4.43. The molecule has 254 valence electrons. The molecule has 0 fully saturated rings. The van der Waals surface area contributed by atoms with Crippen molar-refractivity contribution in [3.05, 3.63) is 168 Å². The summed E-state index contributed by atoms with van der Waals surface area (Å²) in [6.45, 7) is 8.78. The summed E-state index contributed by atoms with van der Waals surface area (Å²) in [4.78, 5) is 0. The second-order valence-corrected chi connectivity index (χ2v) is 14.3. The third-order valence-corrected chi connectivity index (χ3v) is 10.6. The van der Waals surface area contributed by atoms with Crippen LogP contribution < -0.4 is 0 Å². The van der Waals surface area contributed by atoms with Gasteiger partial charge in [-0.15, -0.1) is 0 Å². The molecule has 0 spiro atoms. The minimum atomic E-state index is -0.323. The van der Waals surface area contributed by atoms with Crippen LogP contribution >= 0.6 is 0 Å². The largest absolute Gasteiger partial charge is 0.309 e. The summed E-state index contributed by atoms with van der Waals surface area (Å²) in [6.07, 6.45) is 0. The van der Waals surface area contributed by atoms with Crippen molar-refractivity contribution in [2.75, 3.05) is 0 Å². The molecule has 0 atom stereocenters. The number of hydrogen-bond acceptors (Lipinski definition) is 0. The van der Waals surface area contributed by atoms with Gasteiger partial charge in [0.1, 0.15) is 11.6 Å². The van der Waals surface area contributed by atoms with Crippen LogP contribution in [0, 0.1) is 11.6 Å². The molecule has 7 aromatic carbocycles. The van der Waals surface area contributed by atoms with Crippen LogP contribution in [-0.4, -0.2) is 9.13 Å². The maximum absolute atomic E-state index is 16.7. The van der Waals surface area contributed by atoms with Crippen molar-refractivity contribution in [1.82, 2.24) is 9.13 Å². The Bertz CT molecular complexity index is 2650. The molecule has 9 rings (SSSR count). The fraction of sp³-hybridized carbons (Fsp3) is 0.125. The van der Waals surface area contributed by atoms with Gasteiger partial charge in [-0.25, -0.2) is 8.78 Å². The first-order valence-electron chi connectivity index (χ1n) is 18.1. The molecular weight excluding hydrogens is 643 g/mol. The first-order chi connectivity index (χ1) is 25.4. The molecule has 9 aromatic rings. The maximum Gasteiger partial charge on any atom is 0.131 e. The number of hydrogen-bond donors (Lipinski definition) is 0. The first kappa shape index (κ1) is 31.9. The second-order valence-electron chi connectivity index (χ2n) is 14.3. The Morgan fingerprint density at radius 3 is 0.981 bits per heavy atom. The zero-order valence-corrected chi connectivity index (χ0v) is 29.7. The van der Waals surface area contributed by atoms with Gasteiger partial charge in [0.2, 0.25) is 0 Å². The van der Waals surface area contributed by atoms with E-state index in [1.165, 1.54) is 12.1 Å². The molecule has 0 radical (unpaired) electrons. The van der Waals surface area contributed by atoms with E-state index in [0.717, 1.165) is 77.2 Å². The maximum atomic E-state index is 16.7. The zero-order chi connectivity index (χ0) is 35.7. The van der Waals surface area contributed by atoms with Gasteiger partial charge in [0, 0.05) is 43.8 Å². The van der Waals surface area contributed by atoms with Gasteiger partial charge in [0.25, 0.3) is 0 Å². The summed E-state index contributed by atoms with van der Waals surface area (Å²) >= 11 is 0. The van der Waals surface area contributed by atoms with Crippen molar-refractivity contribution in [2.45, 2.75) is 39.5 Å². The van der Waals surface area contributed by atoms with Crippen molar-refractivity contribution in [1.29, 1.82) is 0 Å². The molecule has 0 saturated carbocycles. The van der Waals surface area contributed by atoms with Gasteiger partial charge in [0.15, 0.2) is 0 Å². The van der Waals surface area contributed by atoms with Crippen LogP contribution in [0.5, 0.6) is 0 Å². The highest BCUT2D eigenvalue weighted by atomic mass is 19.1. The van der Waals surface area contributed by atoms with Crippen LogP contribution in [0.25, 0.3) is 77.2 Å². The van der Waals surface area contributed by atoms with Crippen molar-refractivity contribution >= 4 is 43.6 Å². The molecule has 52 heavy (non-hydrogen) atoms. The summed E-state index contributed by atoms with van der Waals surface area (Å²) in [5.41, 5.74) is 10.3. The number of rotatable bonds is 6. The Morgan fingerprint density at radius 2 is 0.654 bits per heavy atom. The Balaban J connectivity index is 1.65. The highest BCUT2D eigenvalue weighted by Gasteiger charge is 2.34. The van der Waals surface area contributed by atoms with Gasteiger partial charge in [-0.3, -0.25) is 0 Å². The summed E-state index contributed by atoms with van der Waals surface area (Å²) in [7, 11) is 0. The van der Waals surface area contributed by atoms with Crippen molar-refractivity contribution in [3.8, 4) is 33.6 Å². The Hall–Kier alpha value is -6.00. The molecule has 0 N–H and O–H groups in total. The van der Waals surface area contributed by atoms with Gasteiger partial charge >= 0.3 is 0 Å². The van der Waals surface area contributed by atoms with Crippen LogP contribution in [0.3, 0.4) is 0 Å². The Labute approximate surface area is 302 Å². The number of nitrogens with zero attached hydrogens (tertiary/aromatic N) is 2. The van der Waals surface area contributed by atoms with E-state index in [2.05, 4.69) is 122 Å². The molecular formula is C48H38F2N2. The lowest BCUT2D eigenvalue weighted by molar-refractivity contribution is 0.630. The van der Waals surface area contributed by atoms with Crippen LogP contribution in [0.15, 0.2) is 146 Å². The highest BCUT2D eigenvalue weighted by Crippen LogP contribution is 2.53. The van der Waals surface area contributed by atoms with E-state index in [1.807, 2.05) is 36.4 Å². The summed E-state index contributed by atoms with van der Waals surface area (Å²) in [5.74, 6) is -0.750. The van der Waals surface area contributed by atoms with Crippen LogP contribution in [0.4, 0.5) is 8.78 Å². The minimum Gasteiger partial charge on any atom is -0.309 e. The van der Waals surface area contributed by atoms with Crippen LogP contribution in [0.1, 0.15) is 50.7 Å². The quantitative estimate of drug-likeness (QED) is 0.165. The van der Waals surface area contributed by atoms with E-state index in [1.54, 1.807) is 12.1 Å². The Kier molecular flexibility index (Phi) is 7.58. The molecule has 2 heterocycles. The SMILES string of the molecule is CC(C)c1c(-c2ccccc2F)c(-n2c3ccccc3c3ccccc32)c(-c2ccccc2F)c(C(C)C)c1-n1c2ccccc2c2ccccc21. The molecule has 0 aliphatic heterocycles. The van der Waals surface area contributed by atoms with E-state index in [9.17, 15) is 0 Å². The van der Waals surface area contributed by atoms with E-state index < -0.39 is 0 Å². The van der Waals surface area contributed by atoms with Gasteiger partial charge in [-0.05, 0) is 59.4 Å². The fourth-order valence-electron chi connectivity index (χ4n) is 8.55. The lowest BCUT2D eigenvalue weighted by atomic mass is 9.79. The molecule has 4 heteroatoms. The predicted molar refractivity (Wildman–Crippen MR) is 214 cm³/mol. The van der Waals surface area contributed by atoms with Crippen molar-refractivity contribution in [2.24, 2.45) is 0 Å². The number of benzene rings is 7. The van der Waals surface area contributed by atoms with Crippen LogP contribution in [-0.2, 0) is 0 Å². The molecule has 0 bridgehead atoms. The van der Waals surface area contributed by atoms with Crippen molar-refractivity contribution in [3.63, 3.8) is 0 Å². The number of halogens is 2. The number of fused-ring (bicyclic) bond motifs is 6. The molecule has 0 amide bonds. The lowest BCUT2D eigenvalue weighted by Gasteiger charge is -2.32. The first-order valence-corrected chi connectivity index (χ1v) is 18.1. The smallest absolute Gasteiger partial charge is 0.131 e. The average molecular weight is 681 g/mol. The normalized spacial score (nSPS) is 12.0. The van der Waals surface area contributed by atoms with E-state index in [-0.39, 0.29) is 23.5 Å². The predicted octanol–water partition coefficient (Wildman–Crippen LogP) is 13.7. The molecule has 0 aliphatic rings. The Morgan fingerprint density at radius 1 is 0.365 bits per heavy atom. The third kappa shape index (κ3) is 4.67. The second kappa shape index (κ2) is 12.3. The minimum absolute atomic E-state index is 0.0523. The molecule has 2 aromatic heterocycles. The van der Waals surface area contributed by atoms with E-state index in [4.69, 9.17) is 0 Å². The summed E-state index contributed by atoms with van der Waals surface area (Å²) < 4.78 is 38.1. The van der Waals surface area contributed by atoms with Crippen molar-refractivity contribution < 1.29 is 8.78 Å². The molecule has 0 aliphatic carbocycles. The standard InChI is InChI=1S/C48H38F2N2/c1-29(2)43-45(35-21-5-11-23-37(35)49)48(52-41-27-15-9-19-33(41)34-20-10-16-28-42(34)52)46(36-22-6-12-24-38(36)50)44(30(3)4)47(43)51-39-25-13-7-17-31(39)32-18-8-14-26-40(32)51/h5-30H,1-4H3. The lowest BCUT2D eigenvalue weighted by Crippen LogP contribution is -2.15. The highest BCUT2D eigenvalue weighted by molar-refractivity contribution is 6.13. The molecule has 0 saturated heterocycles. The summed E-state index contributed by atoms with van der Waals surface area (Å²) in [6, 6.07) is 47.8. The number of para-hydroxylation sites is 4. The van der Waals surface area contributed by atoms with Gasteiger partial charge in [-0.2, -0.15) is 0 Å². The topological polar surface area (TPSA) is 9.86 Å². The van der Waals surface area contributed by atoms with E-state index in [0.29, 0.717) is 11.1 Å². The zero-order valence-electron chi connectivity index (χ0n) is 29.7.